The van der Waals surface area contributed by atoms with E-state index in [9.17, 15) is 0 Å². The summed E-state index contributed by atoms with van der Waals surface area (Å²) in [4.78, 5) is 8.84. The van der Waals surface area contributed by atoms with Crippen LogP contribution in [0, 0.1) is 0 Å². The first-order valence-corrected chi connectivity index (χ1v) is 7.58. The summed E-state index contributed by atoms with van der Waals surface area (Å²) in [5.74, 6) is 6.81. The van der Waals surface area contributed by atoms with Crippen LogP contribution in [0.5, 0.6) is 0 Å². The van der Waals surface area contributed by atoms with Gasteiger partial charge < -0.3 is 5.32 Å². The van der Waals surface area contributed by atoms with Gasteiger partial charge in [0, 0.05) is 5.54 Å². The molecule has 2 aromatic heterocycles. The van der Waals surface area contributed by atoms with E-state index in [0.29, 0.717) is 5.95 Å². The fourth-order valence-corrected chi connectivity index (χ4v) is 3.53. The van der Waals surface area contributed by atoms with Crippen LogP contribution in [0.15, 0.2) is 11.4 Å². The Morgan fingerprint density at radius 3 is 2.79 bits per heavy atom. The number of nitrogens with one attached hydrogen (secondary N) is 2. The molecule has 0 spiro atoms. The molecule has 0 atom stereocenters. The minimum Gasteiger partial charge on any atom is -0.364 e. The van der Waals surface area contributed by atoms with E-state index in [0.717, 1.165) is 16.0 Å². The lowest BCUT2D eigenvalue weighted by atomic mass is 9.83. The zero-order chi connectivity index (χ0) is 13.3. The Kier molecular flexibility index (Phi) is 3.28. The smallest absolute Gasteiger partial charge is 0.239 e. The highest BCUT2D eigenvalue weighted by atomic mass is 32.1. The molecular formula is C13H19N5S. The topological polar surface area (TPSA) is 75.9 Å². The number of hydrogen-bond acceptors (Lipinski definition) is 6. The van der Waals surface area contributed by atoms with E-state index in [1.165, 1.54) is 32.1 Å². The molecule has 0 saturated heterocycles. The van der Waals surface area contributed by atoms with Gasteiger partial charge in [0.25, 0.3) is 0 Å². The van der Waals surface area contributed by atoms with Gasteiger partial charge in [-0.3, -0.25) is 5.43 Å². The number of nitrogens with two attached hydrogens (primary N) is 1. The Labute approximate surface area is 116 Å². The van der Waals surface area contributed by atoms with Crippen LogP contribution in [-0.4, -0.2) is 15.5 Å². The van der Waals surface area contributed by atoms with Crippen molar-refractivity contribution in [1.29, 1.82) is 0 Å². The van der Waals surface area contributed by atoms with Crippen LogP contribution in [0.3, 0.4) is 0 Å². The van der Waals surface area contributed by atoms with Gasteiger partial charge in [-0.15, -0.1) is 11.3 Å². The average Bonchev–Trinajstić information content (AvgIpc) is 2.87. The highest BCUT2D eigenvalue weighted by molar-refractivity contribution is 7.17. The lowest BCUT2D eigenvalue weighted by molar-refractivity contribution is 0.349. The van der Waals surface area contributed by atoms with Crippen LogP contribution < -0.4 is 16.6 Å². The third-order valence-electron chi connectivity index (χ3n) is 3.81. The SMILES string of the molecule is CC1(Nc2nc(NN)nc3ccsc23)CCCCC1. The molecule has 0 aromatic carbocycles. The lowest BCUT2D eigenvalue weighted by Gasteiger charge is -2.35. The van der Waals surface area contributed by atoms with Crippen LogP contribution in [0.25, 0.3) is 10.2 Å². The van der Waals surface area contributed by atoms with Crippen LogP contribution in [0.4, 0.5) is 11.8 Å². The number of anilines is 2. The minimum atomic E-state index is 0.134. The highest BCUT2D eigenvalue weighted by Crippen LogP contribution is 2.34. The van der Waals surface area contributed by atoms with Gasteiger partial charge in [-0.25, -0.2) is 10.8 Å². The van der Waals surface area contributed by atoms with E-state index < -0.39 is 0 Å². The fourth-order valence-electron chi connectivity index (χ4n) is 2.76. The maximum absolute atomic E-state index is 5.45. The average molecular weight is 277 g/mol. The Hall–Kier alpha value is -1.40. The molecule has 2 heterocycles. The third kappa shape index (κ3) is 2.50. The number of fused-ring (bicyclic) bond motifs is 1. The zero-order valence-corrected chi connectivity index (χ0v) is 11.9. The van der Waals surface area contributed by atoms with E-state index in [4.69, 9.17) is 5.84 Å². The Morgan fingerprint density at radius 2 is 2.05 bits per heavy atom. The van der Waals surface area contributed by atoms with Crippen LogP contribution in [0.1, 0.15) is 39.0 Å². The largest absolute Gasteiger partial charge is 0.364 e. The summed E-state index contributed by atoms with van der Waals surface area (Å²) in [5.41, 5.74) is 3.62. The van der Waals surface area contributed by atoms with Gasteiger partial charge in [0.2, 0.25) is 5.95 Å². The standard InChI is InChI=1S/C13H19N5S/c1-13(6-3-2-4-7-13)17-11-10-9(5-8-19-10)15-12(16-11)18-14/h5,8H,2-4,6-7,14H2,1H3,(H2,15,16,17,18). The quantitative estimate of drug-likeness (QED) is 0.593. The first kappa shape index (κ1) is 12.6. The summed E-state index contributed by atoms with van der Waals surface area (Å²) in [5, 5.41) is 5.66. The molecule has 4 N–H and O–H groups in total. The molecule has 0 unspecified atom stereocenters. The maximum Gasteiger partial charge on any atom is 0.239 e. The highest BCUT2D eigenvalue weighted by Gasteiger charge is 2.27. The second kappa shape index (κ2) is 4.94. The fraction of sp³-hybridized carbons (Fsp3) is 0.538. The van der Waals surface area contributed by atoms with Crippen molar-refractivity contribution >= 4 is 33.3 Å². The lowest BCUT2D eigenvalue weighted by Crippen LogP contribution is -2.37. The van der Waals surface area contributed by atoms with Gasteiger partial charge in [-0.2, -0.15) is 4.98 Å². The van der Waals surface area contributed by atoms with Gasteiger partial charge in [-0.05, 0) is 31.2 Å². The minimum absolute atomic E-state index is 0.134. The van der Waals surface area contributed by atoms with Crippen LogP contribution in [0.2, 0.25) is 0 Å². The normalized spacial score (nSPS) is 18.4. The van der Waals surface area contributed by atoms with E-state index >= 15 is 0 Å². The molecule has 1 aliphatic rings. The van der Waals surface area contributed by atoms with E-state index in [1.807, 2.05) is 11.4 Å². The number of nitrogens with zero attached hydrogens (tertiary/aromatic N) is 2. The maximum atomic E-state index is 5.45. The second-order valence-corrected chi connectivity index (χ2v) is 6.34. The van der Waals surface area contributed by atoms with E-state index in [2.05, 4.69) is 27.6 Å². The molecule has 1 aliphatic carbocycles. The predicted octanol–water partition coefficient (Wildman–Crippen LogP) is 3.11. The predicted molar refractivity (Wildman–Crippen MR) is 80.3 cm³/mol. The van der Waals surface area contributed by atoms with Crippen molar-refractivity contribution in [2.24, 2.45) is 5.84 Å². The monoisotopic (exact) mass is 277 g/mol. The van der Waals surface area contributed by atoms with Crippen LogP contribution in [-0.2, 0) is 0 Å². The second-order valence-electron chi connectivity index (χ2n) is 5.42. The molecule has 19 heavy (non-hydrogen) atoms. The van der Waals surface area contributed by atoms with Gasteiger partial charge >= 0.3 is 0 Å². The molecule has 0 amide bonds. The molecule has 0 radical (unpaired) electrons. The van der Waals surface area contributed by atoms with Crippen molar-refractivity contribution in [3.8, 4) is 0 Å². The first-order chi connectivity index (χ1) is 9.20. The van der Waals surface area contributed by atoms with Gasteiger partial charge in [0.05, 0.1) is 10.2 Å². The van der Waals surface area contributed by atoms with Crippen molar-refractivity contribution in [2.75, 3.05) is 10.7 Å². The number of rotatable bonds is 3. The number of thiophene rings is 1. The molecule has 5 nitrogen and oxygen atoms in total. The van der Waals surface area contributed by atoms with Crippen LogP contribution >= 0.6 is 11.3 Å². The van der Waals surface area contributed by atoms with E-state index in [-0.39, 0.29) is 5.54 Å². The Balaban J connectivity index is 1.96. The summed E-state index contributed by atoms with van der Waals surface area (Å²) in [6.07, 6.45) is 6.28. The zero-order valence-electron chi connectivity index (χ0n) is 11.1. The number of nitrogen functional groups attached to an aromatic ring is 1. The summed E-state index contributed by atoms with van der Waals surface area (Å²) >= 11 is 1.66. The number of aromatic nitrogens is 2. The van der Waals surface area contributed by atoms with E-state index in [1.54, 1.807) is 11.3 Å². The molecular weight excluding hydrogens is 258 g/mol. The third-order valence-corrected chi connectivity index (χ3v) is 4.72. The van der Waals surface area contributed by atoms with Crippen molar-refractivity contribution in [3.63, 3.8) is 0 Å². The molecule has 0 bridgehead atoms. The molecule has 1 saturated carbocycles. The van der Waals surface area contributed by atoms with Gasteiger partial charge in [-0.1, -0.05) is 19.3 Å². The van der Waals surface area contributed by atoms with Gasteiger partial charge in [0.1, 0.15) is 5.82 Å². The summed E-state index contributed by atoms with van der Waals surface area (Å²) in [6.45, 7) is 2.28. The first-order valence-electron chi connectivity index (χ1n) is 6.70. The van der Waals surface area contributed by atoms with Crippen molar-refractivity contribution in [1.82, 2.24) is 9.97 Å². The van der Waals surface area contributed by atoms with Gasteiger partial charge in [0.15, 0.2) is 0 Å². The summed E-state index contributed by atoms with van der Waals surface area (Å²) in [7, 11) is 0. The van der Waals surface area contributed by atoms with Crippen molar-refractivity contribution in [3.05, 3.63) is 11.4 Å². The Bertz CT molecular complexity index is 573. The van der Waals surface area contributed by atoms with Crippen molar-refractivity contribution in [2.45, 2.75) is 44.6 Å². The van der Waals surface area contributed by atoms with Crippen molar-refractivity contribution < 1.29 is 0 Å². The number of hydrogen-bond donors (Lipinski definition) is 3. The molecule has 1 fully saturated rings. The molecule has 0 aliphatic heterocycles. The summed E-state index contributed by atoms with van der Waals surface area (Å²) in [6, 6.07) is 2.00. The molecule has 2 aromatic rings. The molecule has 102 valence electrons. The summed E-state index contributed by atoms with van der Waals surface area (Å²) < 4.78 is 1.10. The Morgan fingerprint density at radius 1 is 1.26 bits per heavy atom. The number of hydrazine groups is 1. The molecule has 6 heteroatoms. The molecule has 3 rings (SSSR count).